The molecule has 0 aromatic carbocycles. The molecule has 102 valence electrons. The highest BCUT2D eigenvalue weighted by atomic mass is 15.3. The average molecular weight is 249 g/mol. The molecule has 1 aromatic rings. The number of rotatable bonds is 5. The molecule has 1 N–H and O–H groups in total. The molecule has 0 saturated heterocycles. The summed E-state index contributed by atoms with van der Waals surface area (Å²) < 4.78 is 2.18. The molecule has 18 heavy (non-hydrogen) atoms. The lowest BCUT2D eigenvalue weighted by molar-refractivity contribution is 0.223. The standard InChI is InChI=1S/C15H27N3/c1-4-10-18-14(8-9-17-18)15(16-3)13-7-5-6-12(2)11-13/h8-9,12-13,15-16H,4-7,10-11H2,1-3H3. The summed E-state index contributed by atoms with van der Waals surface area (Å²) in [5.41, 5.74) is 1.37. The van der Waals surface area contributed by atoms with E-state index in [-0.39, 0.29) is 0 Å². The molecule has 1 fully saturated rings. The van der Waals surface area contributed by atoms with E-state index in [0.29, 0.717) is 6.04 Å². The van der Waals surface area contributed by atoms with Crippen LogP contribution in [-0.4, -0.2) is 16.8 Å². The summed E-state index contributed by atoms with van der Waals surface area (Å²) in [6.45, 7) is 5.63. The van der Waals surface area contributed by atoms with Crippen molar-refractivity contribution in [2.24, 2.45) is 11.8 Å². The molecule has 3 nitrogen and oxygen atoms in total. The molecule has 0 spiro atoms. The first-order valence-electron chi connectivity index (χ1n) is 7.45. The summed E-state index contributed by atoms with van der Waals surface area (Å²) in [5.74, 6) is 1.65. The van der Waals surface area contributed by atoms with Gasteiger partial charge in [0.1, 0.15) is 0 Å². The summed E-state index contributed by atoms with van der Waals surface area (Å²) in [7, 11) is 2.09. The Morgan fingerprint density at radius 1 is 1.50 bits per heavy atom. The van der Waals surface area contributed by atoms with Crippen LogP contribution in [-0.2, 0) is 6.54 Å². The molecule has 1 aliphatic rings. The maximum Gasteiger partial charge on any atom is 0.0556 e. The van der Waals surface area contributed by atoms with Crippen LogP contribution < -0.4 is 5.32 Å². The zero-order valence-electron chi connectivity index (χ0n) is 12.0. The Labute approximate surface area is 111 Å². The fourth-order valence-corrected chi connectivity index (χ4v) is 3.41. The van der Waals surface area contributed by atoms with Gasteiger partial charge in [-0.2, -0.15) is 5.10 Å². The van der Waals surface area contributed by atoms with Crippen molar-refractivity contribution in [2.75, 3.05) is 7.05 Å². The van der Waals surface area contributed by atoms with E-state index in [1.165, 1.54) is 31.4 Å². The third-order valence-corrected chi connectivity index (χ3v) is 4.26. The highest BCUT2D eigenvalue weighted by molar-refractivity contribution is 5.09. The van der Waals surface area contributed by atoms with E-state index in [1.54, 1.807) is 0 Å². The van der Waals surface area contributed by atoms with Crippen LogP contribution in [0.1, 0.15) is 57.7 Å². The summed E-state index contributed by atoms with van der Waals surface area (Å²) in [6, 6.07) is 2.66. The van der Waals surface area contributed by atoms with Crippen LogP contribution in [0.3, 0.4) is 0 Å². The second-order valence-corrected chi connectivity index (χ2v) is 5.78. The van der Waals surface area contributed by atoms with Crippen LogP contribution in [0.15, 0.2) is 12.3 Å². The van der Waals surface area contributed by atoms with Gasteiger partial charge in [0.05, 0.1) is 11.7 Å². The van der Waals surface area contributed by atoms with Gasteiger partial charge >= 0.3 is 0 Å². The first kappa shape index (κ1) is 13.6. The fraction of sp³-hybridized carbons (Fsp3) is 0.800. The van der Waals surface area contributed by atoms with Crippen molar-refractivity contribution >= 4 is 0 Å². The van der Waals surface area contributed by atoms with Gasteiger partial charge in [-0.3, -0.25) is 4.68 Å². The Hall–Kier alpha value is -0.830. The van der Waals surface area contributed by atoms with Crippen LogP contribution in [0, 0.1) is 11.8 Å². The van der Waals surface area contributed by atoms with Crippen LogP contribution in [0.5, 0.6) is 0 Å². The molecule has 1 heterocycles. The lowest BCUT2D eigenvalue weighted by Gasteiger charge is -2.33. The molecule has 1 aliphatic carbocycles. The van der Waals surface area contributed by atoms with Gasteiger partial charge in [-0.15, -0.1) is 0 Å². The van der Waals surface area contributed by atoms with Crippen LogP contribution in [0.2, 0.25) is 0 Å². The lowest BCUT2D eigenvalue weighted by Crippen LogP contribution is -2.31. The molecule has 0 aliphatic heterocycles. The monoisotopic (exact) mass is 249 g/mol. The summed E-state index contributed by atoms with van der Waals surface area (Å²) in [6.07, 6.45) is 8.58. The fourth-order valence-electron chi connectivity index (χ4n) is 3.41. The van der Waals surface area contributed by atoms with E-state index in [4.69, 9.17) is 0 Å². The second-order valence-electron chi connectivity index (χ2n) is 5.78. The third-order valence-electron chi connectivity index (χ3n) is 4.26. The third kappa shape index (κ3) is 2.94. The molecule has 0 bridgehead atoms. The van der Waals surface area contributed by atoms with Crippen molar-refractivity contribution in [1.82, 2.24) is 15.1 Å². The molecule has 3 heteroatoms. The summed E-state index contributed by atoms with van der Waals surface area (Å²) >= 11 is 0. The van der Waals surface area contributed by atoms with E-state index in [0.717, 1.165) is 24.8 Å². The van der Waals surface area contributed by atoms with E-state index in [2.05, 4.69) is 42.1 Å². The van der Waals surface area contributed by atoms with Crippen molar-refractivity contribution in [1.29, 1.82) is 0 Å². The topological polar surface area (TPSA) is 29.9 Å². The smallest absolute Gasteiger partial charge is 0.0556 e. The van der Waals surface area contributed by atoms with Gasteiger partial charge < -0.3 is 5.32 Å². The zero-order chi connectivity index (χ0) is 13.0. The van der Waals surface area contributed by atoms with E-state index in [9.17, 15) is 0 Å². The van der Waals surface area contributed by atoms with Gasteiger partial charge in [-0.1, -0.05) is 26.7 Å². The molecule has 1 aromatic heterocycles. The number of aromatic nitrogens is 2. The van der Waals surface area contributed by atoms with E-state index in [1.807, 2.05) is 6.20 Å². The highest BCUT2D eigenvalue weighted by Gasteiger charge is 2.28. The number of hydrogen-bond acceptors (Lipinski definition) is 2. The maximum atomic E-state index is 4.47. The SMILES string of the molecule is CCCn1nccc1C(NC)C1CCCC(C)C1. The Morgan fingerprint density at radius 3 is 3.00 bits per heavy atom. The Morgan fingerprint density at radius 2 is 2.33 bits per heavy atom. The largest absolute Gasteiger partial charge is 0.311 e. The van der Waals surface area contributed by atoms with Crippen molar-refractivity contribution < 1.29 is 0 Å². The molecule has 3 atom stereocenters. The minimum absolute atomic E-state index is 0.474. The van der Waals surface area contributed by atoms with Crippen molar-refractivity contribution in [3.05, 3.63) is 18.0 Å². The van der Waals surface area contributed by atoms with Crippen LogP contribution in [0.4, 0.5) is 0 Å². The van der Waals surface area contributed by atoms with E-state index < -0.39 is 0 Å². The summed E-state index contributed by atoms with van der Waals surface area (Å²) in [4.78, 5) is 0. The number of hydrogen-bond donors (Lipinski definition) is 1. The van der Waals surface area contributed by atoms with Gasteiger partial charge in [-0.05, 0) is 44.2 Å². The second kappa shape index (κ2) is 6.37. The Kier molecular flexibility index (Phi) is 4.81. The number of nitrogens with zero attached hydrogens (tertiary/aromatic N) is 2. The van der Waals surface area contributed by atoms with Crippen LogP contribution >= 0.6 is 0 Å². The Balaban J connectivity index is 2.13. The summed E-state index contributed by atoms with van der Waals surface area (Å²) in [5, 5.41) is 8.00. The van der Waals surface area contributed by atoms with E-state index >= 15 is 0 Å². The quantitative estimate of drug-likeness (QED) is 0.867. The molecule has 3 unspecified atom stereocenters. The molecular formula is C15H27N3. The van der Waals surface area contributed by atoms with Crippen molar-refractivity contribution in [3.8, 4) is 0 Å². The number of aryl methyl sites for hydroxylation is 1. The van der Waals surface area contributed by atoms with Gasteiger partial charge in [-0.25, -0.2) is 0 Å². The molecule has 2 rings (SSSR count). The predicted molar refractivity (Wildman–Crippen MR) is 75.4 cm³/mol. The average Bonchev–Trinajstić information content (AvgIpc) is 2.79. The normalized spacial score (nSPS) is 26.2. The predicted octanol–water partition coefficient (Wildman–Crippen LogP) is 3.38. The van der Waals surface area contributed by atoms with Gasteiger partial charge in [0.2, 0.25) is 0 Å². The zero-order valence-corrected chi connectivity index (χ0v) is 12.0. The maximum absolute atomic E-state index is 4.47. The minimum atomic E-state index is 0.474. The Bertz CT molecular complexity index is 358. The van der Waals surface area contributed by atoms with Crippen molar-refractivity contribution in [3.63, 3.8) is 0 Å². The van der Waals surface area contributed by atoms with Gasteiger partial charge in [0, 0.05) is 12.7 Å². The first-order valence-corrected chi connectivity index (χ1v) is 7.45. The highest BCUT2D eigenvalue weighted by Crippen LogP contribution is 2.36. The minimum Gasteiger partial charge on any atom is -0.311 e. The van der Waals surface area contributed by atoms with Gasteiger partial charge in [0.25, 0.3) is 0 Å². The molecular weight excluding hydrogens is 222 g/mol. The lowest BCUT2D eigenvalue weighted by atomic mass is 9.77. The first-order chi connectivity index (χ1) is 8.76. The molecule has 1 saturated carbocycles. The van der Waals surface area contributed by atoms with Gasteiger partial charge in [0.15, 0.2) is 0 Å². The molecule has 0 radical (unpaired) electrons. The molecule has 0 amide bonds. The number of nitrogens with one attached hydrogen (secondary N) is 1. The van der Waals surface area contributed by atoms with Crippen LogP contribution in [0.25, 0.3) is 0 Å². The van der Waals surface area contributed by atoms with Crippen molar-refractivity contribution in [2.45, 2.75) is 58.5 Å².